The Morgan fingerprint density at radius 1 is 1.03 bits per heavy atom. The molecule has 0 unspecified atom stereocenters. The summed E-state index contributed by atoms with van der Waals surface area (Å²) in [4.78, 5) is 14.6. The fourth-order valence-electron chi connectivity index (χ4n) is 3.65. The maximum atomic E-state index is 13.3. The van der Waals surface area contributed by atoms with E-state index < -0.39 is 9.84 Å². The molecule has 29 heavy (non-hydrogen) atoms. The van der Waals surface area contributed by atoms with E-state index >= 15 is 0 Å². The second kappa shape index (κ2) is 8.41. The van der Waals surface area contributed by atoms with Crippen LogP contribution in [0.4, 0.5) is 0 Å². The van der Waals surface area contributed by atoms with E-state index in [-0.39, 0.29) is 23.1 Å². The topological polar surface area (TPSA) is 59.4 Å². The van der Waals surface area contributed by atoms with Gasteiger partial charge in [-0.3, -0.25) is 4.79 Å². The second-order valence-corrected chi connectivity index (χ2v) is 9.35. The molecule has 0 radical (unpaired) electrons. The molecule has 0 N–H and O–H groups in total. The lowest BCUT2D eigenvalue weighted by Crippen LogP contribution is -2.33. The number of aromatic nitrogens is 1. The predicted molar refractivity (Wildman–Crippen MR) is 117 cm³/mol. The number of aryl methyl sites for hydroxylation is 2. The van der Waals surface area contributed by atoms with E-state index in [4.69, 9.17) is 0 Å². The molecule has 2 aromatic carbocycles. The Kier molecular flexibility index (Phi) is 6.13. The van der Waals surface area contributed by atoms with Crippen LogP contribution in [0.2, 0.25) is 0 Å². The van der Waals surface area contributed by atoms with E-state index in [1.807, 2.05) is 70.2 Å². The molecule has 3 aromatic rings. The summed E-state index contributed by atoms with van der Waals surface area (Å²) in [5.74, 6) is -0.0763. The van der Waals surface area contributed by atoms with Crippen LogP contribution in [0.15, 0.2) is 53.6 Å². The third-order valence-electron chi connectivity index (χ3n) is 5.36. The first-order valence-corrected chi connectivity index (χ1v) is 11.6. The zero-order chi connectivity index (χ0) is 21.2. The van der Waals surface area contributed by atoms with Crippen molar-refractivity contribution in [3.63, 3.8) is 0 Å². The number of para-hydroxylation sites is 1. The van der Waals surface area contributed by atoms with Crippen LogP contribution in [0.25, 0.3) is 10.9 Å². The molecule has 0 fully saturated rings. The van der Waals surface area contributed by atoms with Crippen LogP contribution in [0.3, 0.4) is 0 Å². The predicted octanol–water partition coefficient (Wildman–Crippen LogP) is 4.10. The van der Waals surface area contributed by atoms with E-state index in [1.54, 1.807) is 15.7 Å². The fraction of sp³-hybridized carbons (Fsp3) is 0.348. The van der Waals surface area contributed by atoms with Crippen molar-refractivity contribution in [1.82, 2.24) is 9.47 Å². The van der Waals surface area contributed by atoms with Gasteiger partial charge in [0.15, 0.2) is 9.84 Å². The largest absolute Gasteiger partial charge is 0.342 e. The summed E-state index contributed by atoms with van der Waals surface area (Å²) in [7, 11) is -3.57. The fourth-order valence-corrected chi connectivity index (χ4v) is 5.32. The monoisotopic (exact) mass is 412 g/mol. The first-order valence-electron chi connectivity index (χ1n) is 9.91. The Morgan fingerprint density at radius 3 is 2.41 bits per heavy atom. The zero-order valence-corrected chi connectivity index (χ0v) is 18.3. The highest BCUT2D eigenvalue weighted by molar-refractivity contribution is 7.90. The van der Waals surface area contributed by atoms with Crippen LogP contribution < -0.4 is 0 Å². The van der Waals surface area contributed by atoms with Gasteiger partial charge in [-0.15, -0.1) is 0 Å². The molecule has 6 heteroatoms. The van der Waals surface area contributed by atoms with Gasteiger partial charge in [-0.1, -0.05) is 42.0 Å². The summed E-state index contributed by atoms with van der Waals surface area (Å²) in [6, 6.07) is 13.2. The van der Waals surface area contributed by atoms with Gasteiger partial charge in [0.1, 0.15) is 6.54 Å². The molecule has 0 saturated carbocycles. The third-order valence-corrected chi connectivity index (χ3v) is 7.05. The molecule has 0 aliphatic heterocycles. The zero-order valence-electron chi connectivity index (χ0n) is 17.5. The van der Waals surface area contributed by atoms with Crippen molar-refractivity contribution in [2.24, 2.45) is 0 Å². The van der Waals surface area contributed by atoms with Gasteiger partial charge < -0.3 is 9.47 Å². The lowest BCUT2D eigenvalue weighted by atomic mass is 10.1. The Hall–Kier alpha value is -2.60. The molecular weight excluding hydrogens is 384 g/mol. The van der Waals surface area contributed by atoms with Crippen LogP contribution >= 0.6 is 0 Å². The van der Waals surface area contributed by atoms with Gasteiger partial charge in [0.2, 0.25) is 5.91 Å². The van der Waals surface area contributed by atoms with Crippen LogP contribution in [0, 0.1) is 13.8 Å². The number of hydrogen-bond acceptors (Lipinski definition) is 3. The van der Waals surface area contributed by atoms with Gasteiger partial charge in [0.25, 0.3) is 0 Å². The van der Waals surface area contributed by atoms with Crippen LogP contribution in [-0.4, -0.2) is 36.9 Å². The number of benzene rings is 2. The average molecular weight is 413 g/mol. The van der Waals surface area contributed by atoms with E-state index in [0.717, 1.165) is 22.2 Å². The first-order chi connectivity index (χ1) is 13.8. The molecule has 0 bridgehead atoms. The first kappa shape index (κ1) is 21.1. The lowest BCUT2D eigenvalue weighted by Gasteiger charge is -2.19. The number of carbonyl (C=O) groups excluding carboxylic acids is 1. The summed E-state index contributed by atoms with van der Waals surface area (Å²) in [5.41, 5.74) is 3.56. The number of rotatable bonds is 7. The van der Waals surface area contributed by atoms with Crippen molar-refractivity contribution in [2.75, 3.05) is 13.1 Å². The maximum absolute atomic E-state index is 13.3. The number of nitrogens with zero attached hydrogens (tertiary/aromatic N) is 2. The second-order valence-electron chi connectivity index (χ2n) is 7.39. The summed E-state index contributed by atoms with van der Waals surface area (Å²) in [6.45, 7) is 9.15. The number of amides is 1. The van der Waals surface area contributed by atoms with E-state index in [1.165, 1.54) is 0 Å². The van der Waals surface area contributed by atoms with E-state index in [9.17, 15) is 13.2 Å². The van der Waals surface area contributed by atoms with Gasteiger partial charge in [0, 0.05) is 30.2 Å². The van der Waals surface area contributed by atoms with E-state index in [0.29, 0.717) is 18.5 Å². The van der Waals surface area contributed by atoms with Gasteiger partial charge >= 0.3 is 0 Å². The highest BCUT2D eigenvalue weighted by atomic mass is 32.2. The van der Waals surface area contributed by atoms with Crippen LogP contribution in [-0.2, 0) is 26.9 Å². The average Bonchev–Trinajstić information content (AvgIpc) is 3.05. The molecular formula is C23H28N2O3S. The minimum absolute atomic E-state index is 0.0192. The molecule has 5 nitrogen and oxygen atoms in total. The van der Waals surface area contributed by atoms with Crippen molar-refractivity contribution < 1.29 is 13.2 Å². The minimum atomic E-state index is -3.57. The molecule has 154 valence electrons. The molecule has 1 amide bonds. The molecule has 3 rings (SSSR count). The molecule has 0 aliphatic carbocycles. The van der Waals surface area contributed by atoms with Gasteiger partial charge in [0.05, 0.1) is 10.6 Å². The molecule has 0 aliphatic rings. The summed E-state index contributed by atoms with van der Waals surface area (Å²) >= 11 is 0. The molecule has 0 saturated heterocycles. The summed E-state index contributed by atoms with van der Waals surface area (Å²) < 4.78 is 28.4. The van der Waals surface area contributed by atoms with E-state index in [2.05, 4.69) is 0 Å². The van der Waals surface area contributed by atoms with Crippen LogP contribution in [0.1, 0.15) is 30.5 Å². The minimum Gasteiger partial charge on any atom is -0.342 e. The van der Waals surface area contributed by atoms with Gasteiger partial charge in [-0.05, 0) is 44.9 Å². The molecule has 1 heterocycles. The number of fused-ring (bicyclic) bond motifs is 1. The maximum Gasteiger partial charge on any atom is 0.242 e. The van der Waals surface area contributed by atoms with Crippen LogP contribution in [0.5, 0.6) is 0 Å². The van der Waals surface area contributed by atoms with Crippen molar-refractivity contribution in [1.29, 1.82) is 0 Å². The number of likely N-dealkylation sites (N-methyl/N-ethyl adjacent to an activating group) is 1. The Morgan fingerprint density at radius 2 is 1.72 bits per heavy atom. The van der Waals surface area contributed by atoms with Gasteiger partial charge in [-0.25, -0.2) is 8.42 Å². The normalized spacial score (nSPS) is 11.7. The number of sulfone groups is 1. The Balaban J connectivity index is 2.03. The smallest absolute Gasteiger partial charge is 0.242 e. The highest BCUT2D eigenvalue weighted by Gasteiger charge is 2.23. The van der Waals surface area contributed by atoms with Gasteiger partial charge in [-0.2, -0.15) is 0 Å². The van der Waals surface area contributed by atoms with Crippen molar-refractivity contribution in [2.45, 2.75) is 44.9 Å². The molecule has 0 atom stereocenters. The highest BCUT2D eigenvalue weighted by Crippen LogP contribution is 2.29. The van der Waals surface area contributed by atoms with Crippen molar-refractivity contribution in [3.05, 3.63) is 65.4 Å². The SMILES string of the molecule is CCN(CC)C(=O)Cn1cc(S(=O)(=O)Cc2cc(C)ccc2C)c2ccccc21. The lowest BCUT2D eigenvalue weighted by molar-refractivity contribution is -0.131. The Labute approximate surface area is 172 Å². The summed E-state index contributed by atoms with van der Waals surface area (Å²) in [6.07, 6.45) is 1.62. The van der Waals surface area contributed by atoms with Crippen molar-refractivity contribution in [3.8, 4) is 0 Å². The molecule has 1 aromatic heterocycles. The quantitative estimate of drug-likeness (QED) is 0.587. The molecule has 0 spiro atoms. The van der Waals surface area contributed by atoms with Crippen molar-refractivity contribution >= 4 is 26.6 Å². The number of hydrogen-bond donors (Lipinski definition) is 0. The number of carbonyl (C=O) groups is 1. The Bertz CT molecular complexity index is 1140. The summed E-state index contributed by atoms with van der Waals surface area (Å²) in [5, 5.41) is 0.658. The third kappa shape index (κ3) is 4.37. The standard InChI is InChI=1S/C23H28N2O3S/c1-5-24(6-2)23(26)15-25-14-22(20-9-7-8-10-21(20)25)29(27,28)16-19-13-17(3)11-12-18(19)4/h7-14H,5-6,15-16H2,1-4H3.